The second-order valence-electron chi connectivity index (χ2n) is 5.89. The zero-order valence-electron chi connectivity index (χ0n) is 12.8. The smallest absolute Gasteiger partial charge is 0.0708 e. The van der Waals surface area contributed by atoms with E-state index in [0.717, 1.165) is 30.9 Å². The molecule has 0 radical (unpaired) electrons. The van der Waals surface area contributed by atoms with Gasteiger partial charge in [-0.2, -0.15) is 0 Å². The Morgan fingerprint density at radius 2 is 2.05 bits per heavy atom. The molecule has 3 heteroatoms. The topological polar surface area (TPSA) is 34.1 Å². The fourth-order valence-corrected chi connectivity index (χ4v) is 3.12. The molecule has 1 aliphatic carbocycles. The van der Waals surface area contributed by atoms with Crippen molar-refractivity contribution in [1.82, 2.24) is 10.3 Å². The van der Waals surface area contributed by atoms with Crippen molar-refractivity contribution in [1.29, 1.82) is 0 Å². The van der Waals surface area contributed by atoms with Gasteiger partial charge in [0.15, 0.2) is 0 Å². The van der Waals surface area contributed by atoms with Crippen LogP contribution in [0.4, 0.5) is 0 Å². The quantitative estimate of drug-likeness (QED) is 0.823. The molecule has 0 unspecified atom stereocenters. The van der Waals surface area contributed by atoms with Gasteiger partial charge in [0.25, 0.3) is 0 Å². The van der Waals surface area contributed by atoms with E-state index in [0.29, 0.717) is 6.10 Å². The molecule has 1 aromatic heterocycles. The Hall–Kier alpha value is -1.45. The van der Waals surface area contributed by atoms with Crippen LogP contribution in [0, 0.1) is 6.92 Å². The van der Waals surface area contributed by atoms with Crippen LogP contribution in [0.15, 0.2) is 30.3 Å². The first kappa shape index (κ1) is 14.5. The molecular weight excluding hydrogens is 260 g/mol. The summed E-state index contributed by atoms with van der Waals surface area (Å²) in [6.45, 7) is 4.65. The lowest BCUT2D eigenvalue weighted by Crippen LogP contribution is -2.22. The second kappa shape index (κ2) is 7.01. The number of ether oxygens (including phenoxy) is 1. The molecule has 0 spiro atoms. The van der Waals surface area contributed by atoms with Crippen LogP contribution in [0.1, 0.15) is 36.9 Å². The monoisotopic (exact) mass is 284 g/mol. The maximum atomic E-state index is 5.88. The van der Waals surface area contributed by atoms with Gasteiger partial charge < -0.3 is 10.1 Å². The van der Waals surface area contributed by atoms with Gasteiger partial charge in [0, 0.05) is 24.2 Å². The molecule has 2 aromatic rings. The van der Waals surface area contributed by atoms with Crippen molar-refractivity contribution < 1.29 is 4.74 Å². The largest absolute Gasteiger partial charge is 0.377 e. The number of pyridine rings is 1. The Morgan fingerprint density at radius 3 is 2.90 bits per heavy atom. The van der Waals surface area contributed by atoms with Gasteiger partial charge in [-0.25, -0.2) is 0 Å². The van der Waals surface area contributed by atoms with Gasteiger partial charge in [-0.15, -0.1) is 0 Å². The summed E-state index contributed by atoms with van der Waals surface area (Å²) >= 11 is 0. The molecule has 0 amide bonds. The fraction of sp³-hybridized carbons (Fsp3) is 0.500. The number of benzene rings is 1. The molecule has 0 atom stereocenters. The Kier molecular flexibility index (Phi) is 4.84. The van der Waals surface area contributed by atoms with Crippen LogP contribution in [-0.4, -0.2) is 24.2 Å². The molecule has 112 valence electrons. The van der Waals surface area contributed by atoms with Gasteiger partial charge in [0.05, 0.1) is 18.2 Å². The number of aryl methyl sites for hydroxylation is 1. The molecule has 1 fully saturated rings. The predicted molar refractivity (Wildman–Crippen MR) is 86.4 cm³/mol. The molecule has 0 bridgehead atoms. The van der Waals surface area contributed by atoms with E-state index in [1.165, 1.54) is 36.6 Å². The minimum Gasteiger partial charge on any atom is -0.377 e. The van der Waals surface area contributed by atoms with Crippen molar-refractivity contribution in [3.8, 4) is 0 Å². The van der Waals surface area contributed by atoms with Gasteiger partial charge in [0.1, 0.15) is 0 Å². The zero-order valence-corrected chi connectivity index (χ0v) is 12.8. The van der Waals surface area contributed by atoms with Crippen LogP contribution in [0.3, 0.4) is 0 Å². The van der Waals surface area contributed by atoms with Crippen LogP contribution < -0.4 is 5.32 Å². The van der Waals surface area contributed by atoms with Gasteiger partial charge >= 0.3 is 0 Å². The lowest BCUT2D eigenvalue weighted by atomic mass is 10.1. The summed E-state index contributed by atoms with van der Waals surface area (Å²) in [7, 11) is 0. The lowest BCUT2D eigenvalue weighted by molar-refractivity contribution is 0.0603. The average molecular weight is 284 g/mol. The van der Waals surface area contributed by atoms with Gasteiger partial charge in [-0.1, -0.05) is 31.0 Å². The van der Waals surface area contributed by atoms with E-state index in [2.05, 4.69) is 41.5 Å². The van der Waals surface area contributed by atoms with Crippen molar-refractivity contribution in [3.05, 3.63) is 41.6 Å². The van der Waals surface area contributed by atoms with E-state index in [1.807, 2.05) is 6.07 Å². The Labute approximate surface area is 126 Å². The van der Waals surface area contributed by atoms with Crippen molar-refractivity contribution in [3.63, 3.8) is 0 Å². The SMILES string of the molecule is Cc1cc(CNCCOC2CCCC2)c2ccccc2n1. The van der Waals surface area contributed by atoms with Crippen molar-refractivity contribution in [2.45, 2.75) is 45.3 Å². The molecular formula is C18H24N2O. The normalized spacial score (nSPS) is 15.9. The standard InChI is InChI=1S/C18H24N2O/c1-14-12-15(17-8-4-5-9-18(17)20-14)13-19-10-11-21-16-6-2-3-7-16/h4-5,8-9,12,16,19H,2-3,6-7,10-11,13H2,1H3. The third kappa shape index (κ3) is 3.80. The van der Waals surface area contributed by atoms with E-state index in [1.54, 1.807) is 0 Å². The minimum atomic E-state index is 0.510. The molecule has 21 heavy (non-hydrogen) atoms. The number of nitrogens with one attached hydrogen (secondary N) is 1. The van der Waals surface area contributed by atoms with Crippen molar-refractivity contribution >= 4 is 10.9 Å². The first-order valence-electron chi connectivity index (χ1n) is 8.00. The molecule has 3 rings (SSSR count). The summed E-state index contributed by atoms with van der Waals surface area (Å²) in [5, 5.41) is 4.74. The molecule has 1 aromatic carbocycles. The van der Waals surface area contributed by atoms with E-state index in [9.17, 15) is 0 Å². The first-order chi connectivity index (χ1) is 10.3. The molecule has 3 nitrogen and oxygen atoms in total. The number of hydrogen-bond acceptors (Lipinski definition) is 3. The number of rotatable bonds is 6. The highest BCUT2D eigenvalue weighted by Gasteiger charge is 2.14. The summed E-state index contributed by atoms with van der Waals surface area (Å²) < 4.78 is 5.88. The van der Waals surface area contributed by atoms with E-state index in [4.69, 9.17) is 4.74 Å². The van der Waals surface area contributed by atoms with Crippen LogP contribution in [0.25, 0.3) is 10.9 Å². The average Bonchev–Trinajstić information content (AvgIpc) is 3.00. The van der Waals surface area contributed by atoms with E-state index < -0.39 is 0 Å². The van der Waals surface area contributed by atoms with Gasteiger partial charge in [0.2, 0.25) is 0 Å². The van der Waals surface area contributed by atoms with Crippen LogP contribution in [0.5, 0.6) is 0 Å². The highest BCUT2D eigenvalue weighted by Crippen LogP contribution is 2.20. The van der Waals surface area contributed by atoms with E-state index >= 15 is 0 Å². The maximum absolute atomic E-state index is 5.88. The Balaban J connectivity index is 1.52. The summed E-state index contributed by atoms with van der Waals surface area (Å²) in [6.07, 6.45) is 5.67. The zero-order chi connectivity index (χ0) is 14.5. The minimum absolute atomic E-state index is 0.510. The molecule has 1 aliphatic rings. The third-order valence-corrected chi connectivity index (χ3v) is 4.18. The number of para-hydroxylation sites is 1. The highest BCUT2D eigenvalue weighted by atomic mass is 16.5. The van der Waals surface area contributed by atoms with Gasteiger partial charge in [-0.05, 0) is 37.5 Å². The third-order valence-electron chi connectivity index (χ3n) is 4.18. The Morgan fingerprint density at radius 1 is 1.24 bits per heavy atom. The summed E-state index contributed by atoms with van der Waals surface area (Å²) in [5.41, 5.74) is 3.48. The van der Waals surface area contributed by atoms with Crippen molar-refractivity contribution in [2.75, 3.05) is 13.2 Å². The fourth-order valence-electron chi connectivity index (χ4n) is 3.12. The van der Waals surface area contributed by atoms with Crippen LogP contribution in [0.2, 0.25) is 0 Å². The second-order valence-corrected chi connectivity index (χ2v) is 5.89. The first-order valence-corrected chi connectivity index (χ1v) is 8.00. The molecule has 0 saturated heterocycles. The number of nitrogens with zero attached hydrogens (tertiary/aromatic N) is 1. The number of hydrogen-bond donors (Lipinski definition) is 1. The maximum Gasteiger partial charge on any atom is 0.0708 e. The summed E-state index contributed by atoms with van der Waals surface area (Å²) in [4.78, 5) is 4.58. The van der Waals surface area contributed by atoms with Crippen molar-refractivity contribution in [2.24, 2.45) is 0 Å². The Bertz CT molecular complexity index is 591. The predicted octanol–water partition coefficient (Wildman–Crippen LogP) is 3.59. The summed E-state index contributed by atoms with van der Waals surface area (Å²) in [5.74, 6) is 0. The van der Waals surface area contributed by atoms with Crippen LogP contribution >= 0.6 is 0 Å². The number of aromatic nitrogens is 1. The van der Waals surface area contributed by atoms with E-state index in [-0.39, 0.29) is 0 Å². The lowest BCUT2D eigenvalue weighted by Gasteiger charge is -2.12. The molecule has 1 heterocycles. The van der Waals surface area contributed by atoms with Crippen LogP contribution in [-0.2, 0) is 11.3 Å². The highest BCUT2D eigenvalue weighted by molar-refractivity contribution is 5.82. The molecule has 0 aliphatic heterocycles. The molecule has 1 saturated carbocycles. The van der Waals surface area contributed by atoms with Gasteiger partial charge in [-0.3, -0.25) is 4.98 Å². The number of fused-ring (bicyclic) bond motifs is 1. The molecule has 1 N–H and O–H groups in total. The summed E-state index contributed by atoms with van der Waals surface area (Å²) in [6, 6.07) is 10.5.